The summed E-state index contributed by atoms with van der Waals surface area (Å²) in [5.41, 5.74) is 9.48. The van der Waals surface area contributed by atoms with E-state index in [0.717, 1.165) is 94.6 Å². The molecule has 0 aliphatic rings. The van der Waals surface area contributed by atoms with E-state index in [0.29, 0.717) is 0 Å². The first-order chi connectivity index (χ1) is 32.4. The topological polar surface area (TPSA) is 9.72 Å². The molecule has 0 fully saturated rings. The largest absolute Gasteiger partial charge is 0.310 e. The third-order valence-corrected chi connectivity index (χ3v) is 12.1. The van der Waals surface area contributed by atoms with E-state index in [4.69, 9.17) is 0 Å². The molecule has 316 valence electrons. The van der Waals surface area contributed by atoms with Crippen LogP contribution in [0.15, 0.2) is 243 Å². The molecule has 11 aromatic carbocycles. The lowest BCUT2D eigenvalue weighted by Crippen LogP contribution is -2.14. The zero-order valence-electron chi connectivity index (χ0n) is 35.6. The molecule has 6 heteroatoms. The van der Waals surface area contributed by atoms with Gasteiger partial charge in [0.1, 0.15) is 17.5 Å². The predicted octanol–water partition coefficient (Wildman–Crippen LogP) is 17.6. The van der Waals surface area contributed by atoms with Gasteiger partial charge >= 0.3 is 0 Å². The summed E-state index contributed by atoms with van der Waals surface area (Å²) < 4.78 is 43.6. The van der Waals surface area contributed by atoms with Crippen LogP contribution in [0.5, 0.6) is 0 Å². The maximum atomic E-state index is 14.7. The molecule has 0 radical (unpaired) electrons. The fourth-order valence-electron chi connectivity index (χ4n) is 8.88. The Morgan fingerprint density at radius 3 is 0.803 bits per heavy atom. The van der Waals surface area contributed by atoms with Crippen molar-refractivity contribution < 1.29 is 13.2 Å². The Morgan fingerprint density at radius 1 is 0.197 bits per heavy atom. The van der Waals surface area contributed by atoms with E-state index in [1.165, 1.54) is 36.4 Å². The lowest BCUT2D eigenvalue weighted by Gasteiger charge is -2.31. The van der Waals surface area contributed by atoms with E-state index in [1.807, 2.05) is 36.4 Å². The molecule has 0 heterocycles. The SMILES string of the molecule is Fc1ccc(N(c2ccc(-c3cc(N(c4ccc(F)cc4)c4ccc5ccccc5c4)cc(N(c4ccc(F)cc4)c4ccc5ccccc5c4)c3)cc2)c2ccc3ccccc3c2)cc1. The zero-order valence-corrected chi connectivity index (χ0v) is 35.6. The second kappa shape index (κ2) is 17.2. The van der Waals surface area contributed by atoms with Gasteiger partial charge < -0.3 is 14.7 Å². The number of nitrogens with zero attached hydrogens (tertiary/aromatic N) is 3. The number of anilines is 9. The number of hydrogen-bond donors (Lipinski definition) is 0. The molecule has 11 aromatic rings. The molecule has 0 spiro atoms. The van der Waals surface area contributed by atoms with Crippen LogP contribution >= 0.6 is 0 Å². The highest BCUT2D eigenvalue weighted by Crippen LogP contribution is 2.45. The first-order valence-electron chi connectivity index (χ1n) is 21.8. The molecule has 11 rings (SSSR count). The zero-order chi connectivity index (χ0) is 44.6. The van der Waals surface area contributed by atoms with E-state index >= 15 is 0 Å². The lowest BCUT2D eigenvalue weighted by molar-refractivity contribution is 0.627. The summed E-state index contributed by atoms with van der Waals surface area (Å²) in [6.45, 7) is 0. The molecule has 0 saturated heterocycles. The monoisotopic (exact) mass is 859 g/mol. The summed E-state index contributed by atoms with van der Waals surface area (Å²) in [6.07, 6.45) is 0. The minimum absolute atomic E-state index is 0.306. The Labute approximate surface area is 381 Å². The third-order valence-electron chi connectivity index (χ3n) is 12.1. The van der Waals surface area contributed by atoms with Crippen molar-refractivity contribution >= 4 is 83.5 Å². The number of hydrogen-bond acceptors (Lipinski definition) is 3. The third kappa shape index (κ3) is 7.97. The van der Waals surface area contributed by atoms with Gasteiger partial charge in [-0.1, -0.05) is 103 Å². The van der Waals surface area contributed by atoms with Gasteiger partial charge in [-0.25, -0.2) is 13.2 Å². The highest BCUT2D eigenvalue weighted by molar-refractivity contribution is 5.94. The van der Waals surface area contributed by atoms with Crippen LogP contribution in [-0.4, -0.2) is 0 Å². The van der Waals surface area contributed by atoms with Crippen LogP contribution in [0.1, 0.15) is 0 Å². The minimum atomic E-state index is -0.330. The Kier molecular flexibility index (Phi) is 10.5. The minimum Gasteiger partial charge on any atom is -0.310 e. The van der Waals surface area contributed by atoms with Crippen molar-refractivity contribution in [3.05, 3.63) is 260 Å². The van der Waals surface area contributed by atoms with Gasteiger partial charge in [-0.15, -0.1) is 0 Å². The maximum Gasteiger partial charge on any atom is 0.123 e. The van der Waals surface area contributed by atoms with Crippen LogP contribution in [0, 0.1) is 17.5 Å². The Hall–Kier alpha value is -8.61. The van der Waals surface area contributed by atoms with Gasteiger partial charge in [-0.05, 0) is 183 Å². The molecule has 0 bridgehead atoms. The van der Waals surface area contributed by atoms with Gasteiger partial charge in [0.05, 0.1) is 0 Å². The normalized spacial score (nSPS) is 11.3. The average molecular weight is 860 g/mol. The summed E-state index contributed by atoms with van der Waals surface area (Å²) in [4.78, 5) is 6.42. The molecule has 0 amide bonds. The summed E-state index contributed by atoms with van der Waals surface area (Å²) in [5.74, 6) is -0.965. The molecular weight excluding hydrogens is 820 g/mol. The number of rotatable bonds is 10. The molecule has 0 unspecified atom stereocenters. The second-order valence-electron chi connectivity index (χ2n) is 16.3. The van der Waals surface area contributed by atoms with Crippen molar-refractivity contribution in [2.75, 3.05) is 14.7 Å². The molecule has 66 heavy (non-hydrogen) atoms. The van der Waals surface area contributed by atoms with E-state index in [-0.39, 0.29) is 17.5 Å². The molecule has 0 atom stereocenters. The number of benzene rings is 11. The highest BCUT2D eigenvalue weighted by Gasteiger charge is 2.21. The first-order valence-corrected chi connectivity index (χ1v) is 21.8. The number of fused-ring (bicyclic) bond motifs is 3. The van der Waals surface area contributed by atoms with E-state index in [1.54, 1.807) is 36.4 Å². The van der Waals surface area contributed by atoms with Crippen LogP contribution in [0.4, 0.5) is 64.4 Å². The quantitative estimate of drug-likeness (QED) is 0.136. The van der Waals surface area contributed by atoms with Crippen molar-refractivity contribution in [3.8, 4) is 11.1 Å². The van der Waals surface area contributed by atoms with Gasteiger partial charge in [0.2, 0.25) is 0 Å². The van der Waals surface area contributed by atoms with Gasteiger partial charge in [0, 0.05) is 51.2 Å². The van der Waals surface area contributed by atoms with Crippen molar-refractivity contribution in [1.29, 1.82) is 0 Å². The van der Waals surface area contributed by atoms with E-state index in [2.05, 4.69) is 148 Å². The van der Waals surface area contributed by atoms with Crippen molar-refractivity contribution in [3.63, 3.8) is 0 Å². The smallest absolute Gasteiger partial charge is 0.123 e. The van der Waals surface area contributed by atoms with Crippen LogP contribution in [0.2, 0.25) is 0 Å². The molecule has 0 N–H and O–H groups in total. The highest BCUT2D eigenvalue weighted by atomic mass is 19.1. The first kappa shape index (κ1) is 40.2. The van der Waals surface area contributed by atoms with Crippen LogP contribution in [-0.2, 0) is 0 Å². The Bertz CT molecular complexity index is 3370. The van der Waals surface area contributed by atoms with Gasteiger partial charge in [0.15, 0.2) is 0 Å². The van der Waals surface area contributed by atoms with Crippen LogP contribution in [0.3, 0.4) is 0 Å². The van der Waals surface area contributed by atoms with Crippen LogP contribution < -0.4 is 14.7 Å². The van der Waals surface area contributed by atoms with Crippen molar-refractivity contribution in [1.82, 2.24) is 0 Å². The Morgan fingerprint density at radius 2 is 0.470 bits per heavy atom. The molecule has 0 aliphatic carbocycles. The predicted molar refractivity (Wildman–Crippen MR) is 268 cm³/mol. The fraction of sp³-hybridized carbons (Fsp3) is 0. The molecule has 0 aliphatic heterocycles. The summed E-state index contributed by atoms with van der Waals surface area (Å²) in [7, 11) is 0. The Balaban J connectivity index is 1.11. The van der Waals surface area contributed by atoms with Gasteiger partial charge in [0.25, 0.3) is 0 Å². The van der Waals surface area contributed by atoms with E-state index in [9.17, 15) is 13.2 Å². The molecule has 0 aromatic heterocycles. The van der Waals surface area contributed by atoms with Crippen molar-refractivity contribution in [2.45, 2.75) is 0 Å². The maximum absolute atomic E-state index is 14.7. The standard InChI is InChI=1S/C60H40F3N3/c61-49-18-29-53(30-19-49)64(56-26-15-41-7-1-4-10-45(41)35-56)52-24-13-44(14-25-52)48-38-59(65(54-31-20-50(62)21-32-54)57-27-16-42-8-2-5-11-46(42)36-57)40-60(39-48)66(55-33-22-51(63)23-34-55)58-28-17-43-9-3-6-12-47(43)37-58/h1-40H. The lowest BCUT2D eigenvalue weighted by atomic mass is 10.0. The van der Waals surface area contributed by atoms with Crippen LogP contribution in [0.25, 0.3) is 43.4 Å². The summed E-state index contributed by atoms with van der Waals surface area (Å²) in [6, 6.07) is 78.2. The number of halogens is 3. The van der Waals surface area contributed by atoms with Gasteiger partial charge in [-0.2, -0.15) is 0 Å². The fourth-order valence-corrected chi connectivity index (χ4v) is 8.88. The summed E-state index contributed by atoms with van der Waals surface area (Å²) in [5, 5.41) is 6.56. The van der Waals surface area contributed by atoms with Crippen molar-refractivity contribution in [2.24, 2.45) is 0 Å². The molecule has 0 saturated carbocycles. The van der Waals surface area contributed by atoms with Gasteiger partial charge in [-0.3, -0.25) is 0 Å². The van der Waals surface area contributed by atoms with E-state index < -0.39 is 0 Å². The summed E-state index contributed by atoms with van der Waals surface area (Å²) >= 11 is 0. The molecular formula is C60H40F3N3. The molecule has 3 nitrogen and oxygen atoms in total. The second-order valence-corrected chi connectivity index (χ2v) is 16.3. The average Bonchev–Trinajstić information content (AvgIpc) is 3.36.